The Kier molecular flexibility index (Phi) is 3.12. The van der Waals surface area contributed by atoms with Gasteiger partial charge in [-0.15, -0.1) is 8.78 Å². The second-order valence-corrected chi connectivity index (χ2v) is 5.35. The van der Waals surface area contributed by atoms with Crippen molar-refractivity contribution in [1.29, 1.82) is 0 Å². The maximum Gasteiger partial charge on any atom is 0.586 e. The van der Waals surface area contributed by atoms with Gasteiger partial charge in [-0.3, -0.25) is 4.79 Å². The van der Waals surface area contributed by atoms with E-state index in [1.165, 1.54) is 18.2 Å². The number of halogens is 3. The lowest BCUT2D eigenvalue weighted by atomic mass is 10.2. The highest BCUT2D eigenvalue weighted by Gasteiger charge is 2.43. The molecule has 1 aromatic heterocycles. The number of hydrogen-bond acceptors (Lipinski definition) is 3. The van der Waals surface area contributed by atoms with E-state index in [0.29, 0.717) is 11.4 Å². The summed E-state index contributed by atoms with van der Waals surface area (Å²) in [6, 6.07) is 5.70. The van der Waals surface area contributed by atoms with Crippen molar-refractivity contribution in [2.24, 2.45) is 7.05 Å². The van der Waals surface area contributed by atoms with Crippen molar-refractivity contribution < 1.29 is 23.0 Å². The number of rotatable bonds is 2. The molecule has 0 bridgehead atoms. The van der Waals surface area contributed by atoms with E-state index in [1.807, 2.05) is 0 Å². The van der Waals surface area contributed by atoms with E-state index >= 15 is 0 Å². The van der Waals surface area contributed by atoms with E-state index in [4.69, 9.17) is 0 Å². The number of ether oxygens (including phenoxy) is 2. The number of amides is 1. The Morgan fingerprint density at radius 2 is 2.00 bits per heavy atom. The first kappa shape index (κ1) is 13.9. The highest BCUT2D eigenvalue weighted by atomic mass is 79.9. The maximum atomic E-state index is 12.9. The van der Waals surface area contributed by atoms with Crippen molar-refractivity contribution in [2.75, 3.05) is 5.32 Å². The number of anilines is 1. The van der Waals surface area contributed by atoms with Crippen molar-refractivity contribution in [1.82, 2.24) is 4.57 Å². The topological polar surface area (TPSA) is 52.5 Å². The smallest absolute Gasteiger partial charge is 0.395 e. The molecule has 1 aromatic carbocycles. The summed E-state index contributed by atoms with van der Waals surface area (Å²) in [7, 11) is 1.72. The highest BCUT2D eigenvalue weighted by molar-refractivity contribution is 9.10. The molecule has 2 aromatic rings. The highest BCUT2D eigenvalue weighted by Crippen LogP contribution is 2.42. The Hall–Kier alpha value is -2.09. The number of hydrogen-bond donors (Lipinski definition) is 1. The average molecular weight is 359 g/mol. The fourth-order valence-corrected chi connectivity index (χ4v) is 2.50. The van der Waals surface area contributed by atoms with Gasteiger partial charge in [0.2, 0.25) is 0 Å². The van der Waals surface area contributed by atoms with Crippen molar-refractivity contribution in [3.8, 4) is 11.5 Å². The Labute approximate surface area is 126 Å². The average Bonchev–Trinajstić information content (AvgIpc) is 2.86. The van der Waals surface area contributed by atoms with Gasteiger partial charge in [0, 0.05) is 29.5 Å². The molecule has 0 radical (unpaired) electrons. The van der Waals surface area contributed by atoms with Gasteiger partial charge in [0.1, 0.15) is 5.69 Å². The summed E-state index contributed by atoms with van der Waals surface area (Å²) >= 11 is 3.27. The molecule has 21 heavy (non-hydrogen) atoms. The van der Waals surface area contributed by atoms with E-state index in [2.05, 4.69) is 30.7 Å². The van der Waals surface area contributed by atoms with Gasteiger partial charge in [-0.05, 0) is 34.1 Å². The molecule has 0 aliphatic carbocycles. The molecule has 5 nitrogen and oxygen atoms in total. The molecule has 0 atom stereocenters. The Morgan fingerprint density at radius 3 is 2.67 bits per heavy atom. The first-order valence-corrected chi connectivity index (χ1v) is 6.66. The minimum absolute atomic E-state index is 0.0698. The molecular weight excluding hydrogens is 350 g/mol. The number of alkyl halides is 2. The number of fused-ring (bicyclic) bond motifs is 1. The Morgan fingerprint density at radius 1 is 1.29 bits per heavy atom. The van der Waals surface area contributed by atoms with Crippen LogP contribution in [0.1, 0.15) is 10.5 Å². The van der Waals surface area contributed by atoms with Crippen molar-refractivity contribution in [3.63, 3.8) is 0 Å². The van der Waals surface area contributed by atoms with E-state index in [0.717, 1.165) is 4.47 Å². The van der Waals surface area contributed by atoms with E-state index < -0.39 is 6.29 Å². The largest absolute Gasteiger partial charge is 0.586 e. The van der Waals surface area contributed by atoms with Crippen LogP contribution in [-0.2, 0) is 7.05 Å². The molecule has 8 heteroatoms. The van der Waals surface area contributed by atoms with Gasteiger partial charge in [0.05, 0.1) is 0 Å². The number of nitrogens with zero attached hydrogens (tertiary/aromatic N) is 1. The second-order valence-electron chi connectivity index (χ2n) is 4.44. The Bertz CT molecular complexity index is 730. The zero-order chi connectivity index (χ0) is 15.2. The first-order chi connectivity index (χ1) is 9.84. The predicted molar refractivity (Wildman–Crippen MR) is 73.7 cm³/mol. The van der Waals surface area contributed by atoms with Crippen molar-refractivity contribution in [3.05, 3.63) is 40.6 Å². The van der Waals surface area contributed by atoms with Gasteiger partial charge < -0.3 is 19.4 Å². The SMILES string of the molecule is Cn1cc(Br)cc1C(=O)Nc1ccc2c(c1)OC(F)(F)O2. The summed E-state index contributed by atoms with van der Waals surface area (Å²) in [6.07, 6.45) is -1.94. The van der Waals surface area contributed by atoms with Crippen LogP contribution in [0, 0.1) is 0 Å². The third-order valence-electron chi connectivity index (χ3n) is 2.86. The molecule has 1 N–H and O–H groups in total. The van der Waals surface area contributed by atoms with Crippen LogP contribution < -0.4 is 14.8 Å². The molecule has 1 amide bonds. The molecule has 0 saturated heterocycles. The van der Waals surface area contributed by atoms with E-state index in [9.17, 15) is 13.6 Å². The normalized spacial score (nSPS) is 15.0. The van der Waals surface area contributed by atoms with Crippen LogP contribution in [0.2, 0.25) is 0 Å². The van der Waals surface area contributed by atoms with Crippen molar-refractivity contribution in [2.45, 2.75) is 6.29 Å². The zero-order valence-corrected chi connectivity index (χ0v) is 12.3. The number of carbonyl (C=O) groups is 1. The summed E-state index contributed by atoms with van der Waals surface area (Å²) in [5, 5.41) is 2.61. The zero-order valence-electron chi connectivity index (χ0n) is 10.7. The molecule has 0 fully saturated rings. The van der Waals surface area contributed by atoms with Crippen LogP contribution in [0.3, 0.4) is 0 Å². The van der Waals surface area contributed by atoms with Crippen LogP contribution in [0.25, 0.3) is 0 Å². The van der Waals surface area contributed by atoms with Gasteiger partial charge in [-0.25, -0.2) is 0 Å². The lowest BCUT2D eigenvalue weighted by Gasteiger charge is -2.06. The fourth-order valence-electron chi connectivity index (χ4n) is 1.97. The van der Waals surface area contributed by atoms with E-state index in [-0.39, 0.29) is 17.4 Å². The molecule has 0 saturated carbocycles. The van der Waals surface area contributed by atoms with Crippen LogP contribution in [0.4, 0.5) is 14.5 Å². The first-order valence-electron chi connectivity index (χ1n) is 5.87. The maximum absolute atomic E-state index is 12.9. The number of carbonyl (C=O) groups excluding carboxylic acids is 1. The van der Waals surface area contributed by atoms with Gasteiger partial charge >= 0.3 is 6.29 Å². The van der Waals surface area contributed by atoms with Gasteiger partial charge in [-0.2, -0.15) is 0 Å². The third kappa shape index (κ3) is 2.71. The number of benzene rings is 1. The standard InChI is InChI=1S/C13H9BrF2N2O3/c1-18-6-7(14)4-9(18)12(19)17-8-2-3-10-11(5-8)21-13(15,16)20-10/h2-6H,1H3,(H,17,19). The second kappa shape index (κ2) is 4.73. The summed E-state index contributed by atoms with van der Waals surface area (Å²) in [6.45, 7) is 0. The lowest BCUT2D eigenvalue weighted by Crippen LogP contribution is -2.25. The summed E-state index contributed by atoms with van der Waals surface area (Å²) in [5.41, 5.74) is 0.752. The number of aromatic nitrogens is 1. The van der Waals surface area contributed by atoms with Crippen LogP contribution in [-0.4, -0.2) is 16.8 Å². The van der Waals surface area contributed by atoms with Gasteiger partial charge in [0.25, 0.3) is 5.91 Å². The lowest BCUT2D eigenvalue weighted by molar-refractivity contribution is -0.286. The van der Waals surface area contributed by atoms with Crippen LogP contribution >= 0.6 is 15.9 Å². The quantitative estimate of drug-likeness (QED) is 0.895. The van der Waals surface area contributed by atoms with Gasteiger partial charge in [-0.1, -0.05) is 0 Å². The molecule has 2 heterocycles. The molecule has 1 aliphatic heterocycles. The Balaban J connectivity index is 1.81. The summed E-state index contributed by atoms with van der Waals surface area (Å²) in [5.74, 6) is -0.556. The molecule has 0 unspecified atom stereocenters. The molecular formula is C13H9BrF2N2O3. The van der Waals surface area contributed by atoms with Gasteiger partial charge in [0.15, 0.2) is 11.5 Å². The fraction of sp³-hybridized carbons (Fsp3) is 0.154. The number of nitrogens with one attached hydrogen (secondary N) is 1. The van der Waals surface area contributed by atoms with Crippen molar-refractivity contribution >= 4 is 27.5 Å². The number of aryl methyl sites for hydroxylation is 1. The minimum atomic E-state index is -3.67. The molecule has 1 aliphatic rings. The third-order valence-corrected chi connectivity index (χ3v) is 3.30. The summed E-state index contributed by atoms with van der Waals surface area (Å²) < 4.78 is 36.8. The monoisotopic (exact) mass is 358 g/mol. The van der Waals surface area contributed by atoms with Crippen LogP contribution in [0.5, 0.6) is 11.5 Å². The molecule has 0 spiro atoms. The molecule has 110 valence electrons. The van der Waals surface area contributed by atoms with E-state index in [1.54, 1.807) is 23.9 Å². The summed E-state index contributed by atoms with van der Waals surface area (Å²) in [4.78, 5) is 12.1. The van der Waals surface area contributed by atoms with Crippen LogP contribution in [0.15, 0.2) is 34.9 Å². The molecule has 3 rings (SSSR count). The predicted octanol–water partition coefficient (Wildman–Crippen LogP) is 3.36. The minimum Gasteiger partial charge on any atom is -0.395 e.